The van der Waals surface area contributed by atoms with Gasteiger partial charge in [0.25, 0.3) is 18.3 Å². The van der Waals surface area contributed by atoms with Crippen molar-refractivity contribution in [1.29, 1.82) is 0 Å². The number of carbonyl (C=O) groups is 3. The van der Waals surface area contributed by atoms with Crippen LogP contribution in [0.15, 0.2) is 53.1 Å². The van der Waals surface area contributed by atoms with Crippen LogP contribution in [0.1, 0.15) is 11.7 Å². The first kappa shape index (κ1) is 28.1. The number of aryl methyl sites for hydroxylation is 1. The molecule has 0 saturated carbocycles. The molecule has 3 atom stereocenters. The van der Waals surface area contributed by atoms with E-state index >= 15 is 0 Å². The van der Waals surface area contributed by atoms with E-state index in [0.717, 1.165) is 5.57 Å². The number of ether oxygens (including phenoxy) is 1. The van der Waals surface area contributed by atoms with Gasteiger partial charge in [0.05, 0.1) is 0 Å². The van der Waals surface area contributed by atoms with Crippen molar-refractivity contribution in [1.82, 2.24) is 25.0 Å². The summed E-state index contributed by atoms with van der Waals surface area (Å²) in [5.74, 6) is -0.0523. The molecule has 4 rings (SSSR count). The molecule has 2 aromatic rings. The first-order valence-electron chi connectivity index (χ1n) is 9.51. The minimum Gasteiger partial charge on any atom is -0.870 e. The molecule has 0 unspecified atom stereocenters. The molecule has 0 bridgehead atoms. The molecule has 1 aromatic carbocycles. The van der Waals surface area contributed by atoms with Crippen LogP contribution in [0, 0.1) is 0 Å². The molecule has 0 aliphatic carbocycles. The van der Waals surface area contributed by atoms with Crippen molar-refractivity contribution in [2.75, 3.05) is 11.5 Å². The largest absolute Gasteiger partial charge is 1.00 e. The Morgan fingerprint density at radius 3 is 2.76 bits per heavy atom. The molecule has 2 aliphatic rings. The fourth-order valence-electron chi connectivity index (χ4n) is 3.42. The first-order valence-corrected chi connectivity index (χ1v) is 11.5. The Labute approximate surface area is 225 Å². The Bertz CT molecular complexity index is 1080. The van der Waals surface area contributed by atoms with Gasteiger partial charge in [-0.2, -0.15) is 5.57 Å². The van der Waals surface area contributed by atoms with Crippen LogP contribution in [0.2, 0.25) is 0 Å². The third kappa shape index (κ3) is 5.56. The van der Waals surface area contributed by atoms with Crippen LogP contribution < -0.4 is 34.9 Å². The van der Waals surface area contributed by atoms with Crippen LogP contribution in [0.25, 0.3) is 0 Å². The van der Waals surface area contributed by atoms with Gasteiger partial charge in [0.2, 0.25) is 6.10 Å². The van der Waals surface area contributed by atoms with Crippen molar-refractivity contribution in [3.8, 4) is 0 Å². The quantitative estimate of drug-likeness (QED) is 0.125. The van der Waals surface area contributed by atoms with Crippen LogP contribution in [0.4, 0.5) is 0 Å². The molecule has 1 saturated heterocycles. The number of benzene rings is 1. The van der Waals surface area contributed by atoms with Gasteiger partial charge in [-0.3, -0.25) is 14.4 Å². The standard InChI is InChI=1S/C20H18N5O5S2.Na.H2O/c1-24-10-21-23-20(24)32-9-13-8-31-19-15(18(29)25(19)14(13)7-26)22-17(28)16(30-11-27)12-5-3-2-4-6-12;;/h2-6,10-11,15-16,19H,8-9H2,1H3,(H,22,28);;1H2/q-1;+1;/p-1/t15-,16-,19-;;/m1../s1. The van der Waals surface area contributed by atoms with Gasteiger partial charge >= 0.3 is 29.6 Å². The monoisotopic (exact) mass is 512 g/mol. The number of fused-ring (bicyclic) bond motifs is 1. The predicted molar refractivity (Wildman–Crippen MR) is 118 cm³/mol. The maximum absolute atomic E-state index is 12.8. The molecular weight excluding hydrogens is 493 g/mol. The van der Waals surface area contributed by atoms with E-state index in [4.69, 9.17) is 4.74 Å². The maximum Gasteiger partial charge on any atom is 1.00 e. The molecule has 14 heteroatoms. The van der Waals surface area contributed by atoms with Crippen molar-refractivity contribution < 1.29 is 58.9 Å². The number of thioether (sulfide) groups is 2. The molecular formula is C20H19N5NaO6S2-. The van der Waals surface area contributed by atoms with E-state index in [1.54, 1.807) is 41.2 Å². The third-order valence-corrected chi connectivity index (χ3v) is 7.48. The molecule has 34 heavy (non-hydrogen) atoms. The zero-order valence-electron chi connectivity index (χ0n) is 18.3. The van der Waals surface area contributed by atoms with Gasteiger partial charge in [0, 0.05) is 18.9 Å². The molecule has 11 nitrogen and oxygen atoms in total. The number of nitrogens with zero attached hydrogens (tertiary/aromatic N) is 4. The molecule has 174 valence electrons. The SMILES string of the molecule is Cn1cnnc1SCC1=C([C-]=O)N2C(=O)[C@@H](NC(=O)[C@H](OC=O)c3ccccc3)[C@H]2SC1.[Na+].[OH-]. The normalized spacial score (nSPS) is 19.6. The zero-order valence-corrected chi connectivity index (χ0v) is 21.9. The smallest absolute Gasteiger partial charge is 0.870 e. The molecule has 2 aliphatic heterocycles. The van der Waals surface area contributed by atoms with Gasteiger partial charge in [-0.05, 0) is 11.5 Å². The second-order valence-corrected chi connectivity index (χ2v) is 9.03. The molecule has 2 amide bonds. The number of carbonyl (C=O) groups excluding carboxylic acids is 4. The van der Waals surface area contributed by atoms with E-state index < -0.39 is 29.3 Å². The van der Waals surface area contributed by atoms with Gasteiger partial charge in [-0.1, -0.05) is 36.0 Å². The second-order valence-electron chi connectivity index (χ2n) is 6.99. The number of amides is 2. The van der Waals surface area contributed by atoms with Crippen molar-refractivity contribution in [3.05, 3.63) is 53.5 Å². The number of hydrogen-bond acceptors (Lipinski definition) is 10. The third-order valence-electron chi connectivity index (χ3n) is 5.02. The van der Waals surface area contributed by atoms with Crippen molar-refractivity contribution >= 4 is 48.1 Å². The maximum atomic E-state index is 12.8. The van der Waals surface area contributed by atoms with E-state index in [2.05, 4.69) is 15.5 Å². The summed E-state index contributed by atoms with van der Waals surface area (Å²) in [5, 5.41) is 10.7. The average molecular weight is 513 g/mol. The molecule has 2 N–H and O–H groups in total. The number of hydrogen-bond donors (Lipinski definition) is 1. The summed E-state index contributed by atoms with van der Waals surface area (Å²) >= 11 is 2.85. The van der Waals surface area contributed by atoms with E-state index in [9.17, 15) is 19.2 Å². The minimum atomic E-state index is -1.17. The molecule has 0 spiro atoms. The van der Waals surface area contributed by atoms with Gasteiger partial charge in [-0.25, -0.2) is 0 Å². The fraction of sp³-hybridized carbons (Fsp3) is 0.300. The van der Waals surface area contributed by atoms with Crippen molar-refractivity contribution in [2.45, 2.75) is 22.7 Å². The van der Waals surface area contributed by atoms with Crippen molar-refractivity contribution in [3.63, 3.8) is 0 Å². The molecule has 3 heterocycles. The zero-order chi connectivity index (χ0) is 22.7. The first-order chi connectivity index (χ1) is 15.5. The second kappa shape index (κ2) is 12.5. The fourth-order valence-corrected chi connectivity index (χ4v) is 5.79. The Hall–Kier alpha value is -2.16. The van der Waals surface area contributed by atoms with E-state index in [-0.39, 0.29) is 47.2 Å². The number of allylic oxidation sites excluding steroid dienone is 1. The Morgan fingerprint density at radius 1 is 1.41 bits per heavy atom. The van der Waals surface area contributed by atoms with Gasteiger partial charge in [0.15, 0.2) is 5.16 Å². The van der Waals surface area contributed by atoms with Gasteiger partial charge in [0.1, 0.15) is 17.7 Å². The van der Waals surface area contributed by atoms with Gasteiger partial charge in [-0.15, -0.1) is 33.7 Å². The topological polar surface area (TPSA) is 153 Å². The van der Waals surface area contributed by atoms with Crippen LogP contribution in [0.3, 0.4) is 0 Å². The minimum absolute atomic E-state index is 0. The summed E-state index contributed by atoms with van der Waals surface area (Å²) < 4.78 is 6.72. The molecule has 0 radical (unpaired) electrons. The summed E-state index contributed by atoms with van der Waals surface area (Å²) in [5.41, 5.74) is 1.45. The summed E-state index contributed by atoms with van der Waals surface area (Å²) in [6, 6.07) is 7.69. The summed E-state index contributed by atoms with van der Waals surface area (Å²) in [6.07, 6.45) is 2.30. The Kier molecular flexibility index (Phi) is 10.3. The number of rotatable bonds is 9. The van der Waals surface area contributed by atoms with Crippen LogP contribution in [-0.4, -0.2) is 72.6 Å². The molecule has 1 aromatic heterocycles. The predicted octanol–water partition coefficient (Wildman–Crippen LogP) is -2.59. The number of nitrogens with one attached hydrogen (secondary N) is 1. The van der Waals surface area contributed by atoms with Crippen LogP contribution in [-0.2, 0) is 31.0 Å². The number of β-lactam (4-membered cyclic amide) rings is 1. The van der Waals surface area contributed by atoms with E-state index in [1.807, 2.05) is 13.3 Å². The van der Waals surface area contributed by atoms with Crippen LogP contribution >= 0.6 is 23.5 Å². The van der Waals surface area contributed by atoms with E-state index in [0.29, 0.717) is 22.2 Å². The summed E-state index contributed by atoms with van der Waals surface area (Å²) in [7, 11) is 1.82. The Morgan fingerprint density at radius 2 is 2.15 bits per heavy atom. The van der Waals surface area contributed by atoms with E-state index in [1.165, 1.54) is 28.4 Å². The number of aromatic nitrogens is 3. The van der Waals surface area contributed by atoms with Crippen molar-refractivity contribution in [2.24, 2.45) is 7.05 Å². The summed E-state index contributed by atoms with van der Waals surface area (Å²) in [6.45, 7) is 0.199. The van der Waals surface area contributed by atoms with Crippen LogP contribution in [0.5, 0.6) is 0 Å². The molecule has 1 fully saturated rings. The van der Waals surface area contributed by atoms with Gasteiger partial charge < -0.3 is 29.8 Å². The average Bonchev–Trinajstić information content (AvgIpc) is 3.23. The summed E-state index contributed by atoms with van der Waals surface area (Å²) in [4.78, 5) is 49.5. The Balaban J connectivity index is 0.00000204.